The molecule has 2 saturated carbocycles. The van der Waals surface area contributed by atoms with Crippen LogP contribution in [-0.2, 0) is 9.53 Å². The normalized spacial score (nSPS) is 39.4. The van der Waals surface area contributed by atoms with E-state index < -0.39 is 17.7 Å². The maximum atomic E-state index is 14.4. The largest absolute Gasteiger partial charge is 0.460 e. The molecule has 2 aliphatic rings. The quantitative estimate of drug-likeness (QED) is 0.725. The van der Waals surface area contributed by atoms with Crippen molar-refractivity contribution in [3.8, 4) is 0 Å². The van der Waals surface area contributed by atoms with Gasteiger partial charge in [-0.05, 0) is 63.2 Å². The van der Waals surface area contributed by atoms with Crippen molar-refractivity contribution < 1.29 is 13.9 Å². The number of ether oxygens (including phenoxy) is 1. The lowest BCUT2D eigenvalue weighted by Gasteiger charge is -2.33. The van der Waals surface area contributed by atoms with E-state index in [4.69, 9.17) is 4.74 Å². The summed E-state index contributed by atoms with van der Waals surface area (Å²) >= 11 is 0. The first-order valence-electron chi connectivity index (χ1n) is 7.55. The van der Waals surface area contributed by atoms with Crippen molar-refractivity contribution in [1.29, 1.82) is 0 Å². The third kappa shape index (κ3) is 3.11. The number of carbonyl (C=O) groups excluding carboxylic acids is 1. The van der Waals surface area contributed by atoms with Gasteiger partial charge in [-0.25, -0.2) is 4.39 Å². The summed E-state index contributed by atoms with van der Waals surface area (Å²) in [5.41, 5.74) is -0.521. The van der Waals surface area contributed by atoms with Crippen LogP contribution in [0.4, 0.5) is 4.39 Å². The Bertz CT molecular complexity index is 345. The van der Waals surface area contributed by atoms with Gasteiger partial charge in [0.15, 0.2) is 0 Å². The van der Waals surface area contributed by atoms with E-state index in [1.807, 2.05) is 20.8 Å². The molecule has 0 N–H and O–H groups in total. The number of alkyl halides is 1. The van der Waals surface area contributed by atoms with Crippen LogP contribution in [0.5, 0.6) is 0 Å². The van der Waals surface area contributed by atoms with E-state index in [1.54, 1.807) is 0 Å². The zero-order chi connectivity index (χ0) is 14.4. The standard InChI is InChI=1S/C16H27FO2/c1-9-10(2)12-6-11(9)7-13(12)14(17)8-15(18)19-16(3,4)5/h9-14H,6-8H2,1-5H3. The van der Waals surface area contributed by atoms with E-state index in [0.717, 1.165) is 18.8 Å². The Balaban J connectivity index is 1.88. The number of halogens is 1. The molecule has 6 atom stereocenters. The molecule has 0 aliphatic heterocycles. The summed E-state index contributed by atoms with van der Waals surface area (Å²) in [6.45, 7) is 9.98. The maximum Gasteiger partial charge on any atom is 0.309 e. The molecule has 0 saturated heterocycles. The first-order valence-corrected chi connectivity index (χ1v) is 7.55. The van der Waals surface area contributed by atoms with Gasteiger partial charge in [0.25, 0.3) is 0 Å². The van der Waals surface area contributed by atoms with Crippen molar-refractivity contribution in [2.24, 2.45) is 29.6 Å². The molecule has 19 heavy (non-hydrogen) atoms. The minimum Gasteiger partial charge on any atom is -0.460 e. The molecule has 0 amide bonds. The summed E-state index contributed by atoms with van der Waals surface area (Å²) in [5, 5.41) is 0. The molecule has 0 heterocycles. The van der Waals surface area contributed by atoms with Crippen LogP contribution >= 0.6 is 0 Å². The summed E-state index contributed by atoms with van der Waals surface area (Å²) in [4.78, 5) is 11.7. The lowest BCUT2D eigenvalue weighted by Crippen LogP contribution is -2.33. The minimum absolute atomic E-state index is 0.0729. The van der Waals surface area contributed by atoms with Crippen LogP contribution < -0.4 is 0 Å². The Labute approximate surface area is 116 Å². The van der Waals surface area contributed by atoms with Gasteiger partial charge in [0.05, 0.1) is 6.42 Å². The van der Waals surface area contributed by atoms with E-state index in [1.165, 1.54) is 0 Å². The highest BCUT2D eigenvalue weighted by molar-refractivity contribution is 5.70. The van der Waals surface area contributed by atoms with Crippen LogP contribution in [0.25, 0.3) is 0 Å². The molecular weight excluding hydrogens is 243 g/mol. The first-order chi connectivity index (χ1) is 8.69. The van der Waals surface area contributed by atoms with Crippen LogP contribution in [0.15, 0.2) is 0 Å². The van der Waals surface area contributed by atoms with Crippen molar-refractivity contribution in [3.63, 3.8) is 0 Å². The van der Waals surface area contributed by atoms with Gasteiger partial charge in [-0.2, -0.15) is 0 Å². The zero-order valence-corrected chi connectivity index (χ0v) is 12.8. The topological polar surface area (TPSA) is 26.3 Å². The number of hydrogen-bond acceptors (Lipinski definition) is 2. The molecule has 0 spiro atoms. The van der Waals surface area contributed by atoms with Crippen LogP contribution in [0.3, 0.4) is 0 Å². The molecule has 2 bridgehead atoms. The van der Waals surface area contributed by atoms with Crippen molar-refractivity contribution in [2.75, 3.05) is 0 Å². The Morgan fingerprint density at radius 3 is 2.37 bits per heavy atom. The fourth-order valence-electron chi connectivity index (χ4n) is 4.11. The van der Waals surface area contributed by atoms with Crippen LogP contribution in [0.2, 0.25) is 0 Å². The van der Waals surface area contributed by atoms with Gasteiger partial charge in [-0.1, -0.05) is 13.8 Å². The smallest absolute Gasteiger partial charge is 0.309 e. The molecule has 0 aromatic heterocycles. The maximum absolute atomic E-state index is 14.4. The summed E-state index contributed by atoms with van der Waals surface area (Å²) < 4.78 is 19.6. The van der Waals surface area contributed by atoms with Gasteiger partial charge in [0.2, 0.25) is 0 Å². The Morgan fingerprint density at radius 1 is 1.26 bits per heavy atom. The Morgan fingerprint density at radius 2 is 1.89 bits per heavy atom. The fraction of sp³-hybridized carbons (Fsp3) is 0.938. The predicted molar refractivity (Wildman–Crippen MR) is 73.4 cm³/mol. The number of rotatable bonds is 3. The predicted octanol–water partition coefficient (Wildman–Crippen LogP) is 3.98. The highest BCUT2D eigenvalue weighted by atomic mass is 19.1. The molecule has 0 radical (unpaired) electrons. The van der Waals surface area contributed by atoms with Gasteiger partial charge in [-0.3, -0.25) is 4.79 Å². The second kappa shape index (κ2) is 5.06. The highest BCUT2D eigenvalue weighted by Crippen LogP contribution is 2.56. The monoisotopic (exact) mass is 270 g/mol. The number of esters is 1. The third-order valence-electron chi connectivity index (χ3n) is 5.19. The van der Waals surface area contributed by atoms with Gasteiger partial charge in [-0.15, -0.1) is 0 Å². The van der Waals surface area contributed by atoms with E-state index in [2.05, 4.69) is 13.8 Å². The highest BCUT2D eigenvalue weighted by Gasteiger charge is 2.51. The van der Waals surface area contributed by atoms with Crippen LogP contribution in [0.1, 0.15) is 53.9 Å². The van der Waals surface area contributed by atoms with Crippen molar-refractivity contribution in [3.05, 3.63) is 0 Å². The second-order valence-electron chi connectivity index (χ2n) is 7.58. The van der Waals surface area contributed by atoms with Gasteiger partial charge in [0.1, 0.15) is 11.8 Å². The number of fused-ring (bicyclic) bond motifs is 2. The van der Waals surface area contributed by atoms with Crippen molar-refractivity contribution in [1.82, 2.24) is 0 Å². The molecule has 110 valence electrons. The van der Waals surface area contributed by atoms with Gasteiger partial charge in [0, 0.05) is 0 Å². The average molecular weight is 270 g/mol. The van der Waals surface area contributed by atoms with Gasteiger partial charge >= 0.3 is 5.97 Å². The van der Waals surface area contributed by atoms with E-state index in [0.29, 0.717) is 17.8 Å². The molecule has 2 nitrogen and oxygen atoms in total. The SMILES string of the molecule is CC1C2CC(C(F)CC(=O)OC(C)(C)C)C(C2)C1C. The Hall–Kier alpha value is -0.600. The zero-order valence-electron chi connectivity index (χ0n) is 12.8. The third-order valence-corrected chi connectivity index (χ3v) is 5.19. The molecular formula is C16H27FO2. The van der Waals surface area contributed by atoms with E-state index in [-0.39, 0.29) is 12.3 Å². The lowest BCUT2D eigenvalue weighted by molar-refractivity contribution is -0.157. The molecule has 2 fully saturated rings. The van der Waals surface area contributed by atoms with Crippen molar-refractivity contribution in [2.45, 2.75) is 65.7 Å². The molecule has 0 aromatic carbocycles. The average Bonchev–Trinajstić information content (AvgIpc) is 2.77. The lowest BCUT2D eigenvalue weighted by atomic mass is 9.73. The molecule has 2 aliphatic carbocycles. The number of hydrogen-bond donors (Lipinski definition) is 0. The Kier molecular flexibility index (Phi) is 3.95. The van der Waals surface area contributed by atoms with Crippen LogP contribution in [0, 0.1) is 29.6 Å². The van der Waals surface area contributed by atoms with Gasteiger partial charge < -0.3 is 4.74 Å². The summed E-state index contributed by atoms with van der Waals surface area (Å²) in [6.07, 6.45) is 1.01. The molecule has 2 rings (SSSR count). The summed E-state index contributed by atoms with van der Waals surface area (Å²) in [6, 6.07) is 0. The van der Waals surface area contributed by atoms with Crippen LogP contribution in [-0.4, -0.2) is 17.7 Å². The molecule has 0 aromatic rings. The second-order valence-corrected chi connectivity index (χ2v) is 7.58. The minimum atomic E-state index is -1.03. The molecule has 6 unspecified atom stereocenters. The summed E-state index contributed by atoms with van der Waals surface area (Å²) in [5.74, 6) is 2.13. The van der Waals surface area contributed by atoms with E-state index in [9.17, 15) is 9.18 Å². The molecule has 3 heteroatoms. The number of carbonyl (C=O) groups is 1. The summed E-state index contributed by atoms with van der Waals surface area (Å²) in [7, 11) is 0. The fourth-order valence-corrected chi connectivity index (χ4v) is 4.11. The first kappa shape index (κ1) is 14.8. The van der Waals surface area contributed by atoms with E-state index >= 15 is 0 Å². The van der Waals surface area contributed by atoms with Crippen molar-refractivity contribution >= 4 is 5.97 Å².